The summed E-state index contributed by atoms with van der Waals surface area (Å²) < 4.78 is 11.2. The Kier molecular flexibility index (Phi) is 4.36. The molecule has 1 aromatic rings. The van der Waals surface area contributed by atoms with Crippen LogP contribution in [0.5, 0.6) is 5.75 Å². The van der Waals surface area contributed by atoms with Gasteiger partial charge in [-0.2, -0.15) is 0 Å². The fraction of sp³-hybridized carbons (Fsp3) is 0.652. The van der Waals surface area contributed by atoms with Gasteiger partial charge in [0.05, 0.1) is 0 Å². The third-order valence-electron chi connectivity index (χ3n) is 7.86. The van der Waals surface area contributed by atoms with E-state index in [0.29, 0.717) is 23.5 Å². The highest BCUT2D eigenvalue weighted by Crippen LogP contribution is 2.65. The minimum absolute atomic E-state index is 0.0645. The van der Waals surface area contributed by atoms with Gasteiger partial charge in [-0.15, -0.1) is 0 Å². The normalized spacial score (nSPS) is 37.0. The van der Waals surface area contributed by atoms with E-state index in [1.165, 1.54) is 25.0 Å². The molecule has 0 unspecified atom stereocenters. The van der Waals surface area contributed by atoms with Crippen molar-refractivity contribution in [2.75, 3.05) is 0 Å². The van der Waals surface area contributed by atoms with Crippen molar-refractivity contribution >= 4 is 11.9 Å². The van der Waals surface area contributed by atoms with Crippen LogP contribution in [0.2, 0.25) is 0 Å². The smallest absolute Gasteiger partial charge is 0.308 e. The SMILES string of the molecule is CC(=O)Oc1ccc2c(c1)CC[C@H]1[C@H]3CC[C@@](C)(OC(C)=O)[C@]3(C)CC[C@@H]21. The fourth-order valence-electron chi connectivity index (χ4n) is 6.50. The summed E-state index contributed by atoms with van der Waals surface area (Å²) in [5.74, 6) is 2.04. The zero-order chi connectivity index (χ0) is 19.4. The van der Waals surface area contributed by atoms with Crippen molar-refractivity contribution in [1.82, 2.24) is 0 Å². The molecule has 5 atom stereocenters. The molecule has 4 rings (SSSR count). The van der Waals surface area contributed by atoms with E-state index in [4.69, 9.17) is 9.47 Å². The number of rotatable bonds is 2. The van der Waals surface area contributed by atoms with Gasteiger partial charge in [-0.25, -0.2) is 0 Å². The van der Waals surface area contributed by atoms with Crippen LogP contribution in [0.15, 0.2) is 18.2 Å². The molecule has 3 aliphatic rings. The summed E-state index contributed by atoms with van der Waals surface area (Å²) in [7, 11) is 0. The molecule has 0 aromatic heterocycles. The van der Waals surface area contributed by atoms with Gasteiger partial charge < -0.3 is 9.47 Å². The van der Waals surface area contributed by atoms with Crippen molar-refractivity contribution in [2.24, 2.45) is 17.3 Å². The van der Waals surface area contributed by atoms with Crippen LogP contribution in [0.4, 0.5) is 0 Å². The second kappa shape index (κ2) is 6.35. The first-order valence-electron chi connectivity index (χ1n) is 10.2. The Morgan fingerprint density at radius 3 is 2.52 bits per heavy atom. The van der Waals surface area contributed by atoms with Crippen LogP contribution in [0.3, 0.4) is 0 Å². The molecule has 0 spiro atoms. The molecule has 27 heavy (non-hydrogen) atoms. The Balaban J connectivity index is 1.61. The van der Waals surface area contributed by atoms with E-state index < -0.39 is 0 Å². The van der Waals surface area contributed by atoms with Gasteiger partial charge in [0, 0.05) is 19.3 Å². The summed E-state index contributed by atoms with van der Waals surface area (Å²) in [4.78, 5) is 23.0. The monoisotopic (exact) mass is 370 g/mol. The van der Waals surface area contributed by atoms with Crippen molar-refractivity contribution in [3.8, 4) is 5.75 Å². The highest BCUT2D eigenvalue weighted by Gasteiger charge is 2.61. The first kappa shape index (κ1) is 18.5. The molecule has 0 bridgehead atoms. The lowest BCUT2D eigenvalue weighted by molar-refractivity contribution is -0.173. The van der Waals surface area contributed by atoms with Gasteiger partial charge in [0.2, 0.25) is 0 Å². The third kappa shape index (κ3) is 2.88. The largest absolute Gasteiger partial charge is 0.459 e. The predicted molar refractivity (Wildman–Crippen MR) is 103 cm³/mol. The van der Waals surface area contributed by atoms with E-state index in [2.05, 4.69) is 26.0 Å². The van der Waals surface area contributed by atoms with Gasteiger partial charge in [0.25, 0.3) is 0 Å². The van der Waals surface area contributed by atoms with Crippen LogP contribution in [-0.2, 0) is 20.7 Å². The summed E-state index contributed by atoms with van der Waals surface area (Å²) in [5, 5.41) is 0. The van der Waals surface area contributed by atoms with Gasteiger partial charge >= 0.3 is 11.9 Å². The molecule has 0 radical (unpaired) electrons. The Hall–Kier alpha value is -1.84. The van der Waals surface area contributed by atoms with Crippen molar-refractivity contribution in [3.63, 3.8) is 0 Å². The first-order chi connectivity index (χ1) is 12.7. The average Bonchev–Trinajstić information content (AvgIpc) is 2.84. The molecule has 2 fully saturated rings. The summed E-state index contributed by atoms with van der Waals surface area (Å²) in [6.07, 6.45) is 6.53. The minimum Gasteiger partial charge on any atom is -0.459 e. The molecule has 0 saturated heterocycles. The molecular weight excluding hydrogens is 340 g/mol. The quantitative estimate of drug-likeness (QED) is 0.555. The average molecular weight is 370 g/mol. The van der Waals surface area contributed by atoms with E-state index in [0.717, 1.165) is 38.5 Å². The highest BCUT2D eigenvalue weighted by molar-refractivity contribution is 5.69. The Labute approximate surface area is 161 Å². The fourth-order valence-corrected chi connectivity index (χ4v) is 6.50. The Bertz CT molecular complexity index is 785. The molecule has 3 aliphatic carbocycles. The molecule has 4 heteroatoms. The summed E-state index contributed by atoms with van der Waals surface area (Å²) in [6.45, 7) is 7.48. The van der Waals surface area contributed by atoms with Crippen molar-refractivity contribution in [3.05, 3.63) is 29.3 Å². The van der Waals surface area contributed by atoms with Crippen LogP contribution in [0, 0.1) is 17.3 Å². The zero-order valence-corrected chi connectivity index (χ0v) is 16.8. The summed E-state index contributed by atoms with van der Waals surface area (Å²) in [5.41, 5.74) is 2.49. The van der Waals surface area contributed by atoms with Crippen molar-refractivity contribution < 1.29 is 19.1 Å². The number of fused-ring (bicyclic) bond motifs is 5. The lowest BCUT2D eigenvalue weighted by atomic mass is 9.53. The second-order valence-electron chi connectivity index (χ2n) is 9.19. The molecule has 0 amide bonds. The number of esters is 2. The lowest BCUT2D eigenvalue weighted by Crippen LogP contribution is -2.51. The van der Waals surface area contributed by atoms with Gasteiger partial charge in [-0.3, -0.25) is 9.59 Å². The molecule has 1 aromatic carbocycles. The number of ether oxygens (including phenoxy) is 2. The van der Waals surface area contributed by atoms with Gasteiger partial charge in [-0.05, 0) is 86.5 Å². The Morgan fingerprint density at radius 2 is 1.81 bits per heavy atom. The van der Waals surface area contributed by atoms with Crippen LogP contribution in [0.1, 0.15) is 76.8 Å². The topological polar surface area (TPSA) is 52.6 Å². The van der Waals surface area contributed by atoms with Gasteiger partial charge in [0.1, 0.15) is 11.4 Å². The van der Waals surface area contributed by atoms with E-state index in [-0.39, 0.29) is 23.0 Å². The summed E-state index contributed by atoms with van der Waals surface area (Å²) >= 11 is 0. The number of carbonyl (C=O) groups is 2. The van der Waals surface area contributed by atoms with Gasteiger partial charge in [-0.1, -0.05) is 13.0 Å². The maximum absolute atomic E-state index is 11.7. The number of carbonyl (C=O) groups excluding carboxylic acids is 2. The molecule has 2 saturated carbocycles. The molecular formula is C23H30O4. The van der Waals surface area contributed by atoms with E-state index in [9.17, 15) is 9.59 Å². The maximum atomic E-state index is 11.7. The molecule has 4 nitrogen and oxygen atoms in total. The molecule has 146 valence electrons. The lowest BCUT2D eigenvalue weighted by Gasteiger charge is -2.53. The van der Waals surface area contributed by atoms with Crippen molar-refractivity contribution in [2.45, 2.75) is 77.7 Å². The van der Waals surface area contributed by atoms with Crippen LogP contribution in [-0.4, -0.2) is 17.5 Å². The van der Waals surface area contributed by atoms with Crippen molar-refractivity contribution in [1.29, 1.82) is 0 Å². The minimum atomic E-state index is -0.339. The van der Waals surface area contributed by atoms with E-state index in [1.807, 2.05) is 6.07 Å². The summed E-state index contributed by atoms with van der Waals surface area (Å²) in [6, 6.07) is 6.17. The zero-order valence-electron chi connectivity index (χ0n) is 16.8. The predicted octanol–water partition coefficient (Wildman–Crippen LogP) is 4.79. The molecule has 0 N–H and O–H groups in total. The molecule has 0 aliphatic heterocycles. The van der Waals surface area contributed by atoms with Gasteiger partial charge in [0.15, 0.2) is 0 Å². The second-order valence-corrected chi connectivity index (χ2v) is 9.19. The van der Waals surface area contributed by atoms with Crippen LogP contribution in [0.25, 0.3) is 0 Å². The van der Waals surface area contributed by atoms with Crippen LogP contribution < -0.4 is 4.74 Å². The highest BCUT2D eigenvalue weighted by atomic mass is 16.6. The first-order valence-corrected chi connectivity index (χ1v) is 10.2. The number of hydrogen-bond donors (Lipinski definition) is 0. The van der Waals surface area contributed by atoms with E-state index >= 15 is 0 Å². The number of benzene rings is 1. The standard InChI is InChI=1S/C23H30O4/c1-14(24)26-17-6-8-18-16(13-17)5-7-20-19(18)9-11-22(3)21(20)10-12-23(22,4)27-15(2)25/h6,8,13,19-21H,5,7,9-12H2,1-4H3/t19-,20+,21+,22+,23+/m0/s1. The maximum Gasteiger partial charge on any atom is 0.308 e. The Morgan fingerprint density at radius 1 is 1.04 bits per heavy atom. The number of aryl methyl sites for hydroxylation is 1. The number of hydrogen-bond acceptors (Lipinski definition) is 4. The van der Waals surface area contributed by atoms with E-state index in [1.54, 1.807) is 0 Å². The third-order valence-corrected chi connectivity index (χ3v) is 7.86. The van der Waals surface area contributed by atoms with Crippen LogP contribution >= 0.6 is 0 Å². The molecule has 0 heterocycles.